The van der Waals surface area contributed by atoms with Crippen LogP contribution in [-0.2, 0) is 0 Å². The number of nitrogens with one attached hydrogen (secondary N) is 1. The number of rotatable bonds is 4. The molecule has 100 valence electrons. The summed E-state index contributed by atoms with van der Waals surface area (Å²) < 4.78 is 0. The Labute approximate surface area is 108 Å². The minimum Gasteiger partial charge on any atom is -0.478 e. The zero-order valence-corrected chi connectivity index (χ0v) is 11.6. The van der Waals surface area contributed by atoms with Crippen LogP contribution in [0.3, 0.4) is 0 Å². The van der Waals surface area contributed by atoms with E-state index in [-0.39, 0.29) is 11.0 Å². The van der Waals surface area contributed by atoms with Crippen LogP contribution in [0.4, 0.5) is 5.95 Å². The number of carbonyl (C=O) groups is 1. The predicted octanol–water partition coefficient (Wildman–Crippen LogP) is 2.58. The van der Waals surface area contributed by atoms with Crippen LogP contribution in [0.25, 0.3) is 0 Å². The highest BCUT2D eigenvalue weighted by atomic mass is 16.4. The van der Waals surface area contributed by atoms with E-state index in [1.165, 1.54) is 6.20 Å². The second-order valence-electron chi connectivity index (χ2n) is 5.65. The van der Waals surface area contributed by atoms with Crippen LogP contribution in [0, 0.1) is 18.3 Å². The summed E-state index contributed by atoms with van der Waals surface area (Å²) in [5.41, 5.74) is 0.830. The molecule has 0 aliphatic heterocycles. The Morgan fingerprint density at radius 2 is 2.11 bits per heavy atom. The van der Waals surface area contributed by atoms with Crippen molar-refractivity contribution in [2.45, 2.75) is 34.6 Å². The Morgan fingerprint density at radius 1 is 1.50 bits per heavy atom. The first-order valence-electron chi connectivity index (χ1n) is 6.02. The van der Waals surface area contributed by atoms with Crippen molar-refractivity contribution in [3.8, 4) is 0 Å². The Hall–Kier alpha value is -1.65. The first-order valence-corrected chi connectivity index (χ1v) is 6.02. The molecule has 1 rings (SSSR count). The summed E-state index contributed by atoms with van der Waals surface area (Å²) in [6, 6.07) is 0. The van der Waals surface area contributed by atoms with Crippen LogP contribution < -0.4 is 5.32 Å². The third-order valence-corrected chi connectivity index (χ3v) is 3.25. The highest BCUT2D eigenvalue weighted by Crippen LogP contribution is 2.25. The smallest absolute Gasteiger partial charge is 0.339 e. The van der Waals surface area contributed by atoms with E-state index in [9.17, 15) is 4.79 Å². The lowest BCUT2D eigenvalue weighted by Crippen LogP contribution is -2.25. The van der Waals surface area contributed by atoms with Crippen molar-refractivity contribution >= 4 is 11.9 Å². The maximum absolute atomic E-state index is 10.8. The molecular weight excluding hydrogens is 230 g/mol. The summed E-state index contributed by atoms with van der Waals surface area (Å²) >= 11 is 0. The Bertz CT molecular complexity index is 438. The van der Waals surface area contributed by atoms with Gasteiger partial charge in [0.05, 0.1) is 11.3 Å². The first kappa shape index (κ1) is 14.4. The average Bonchev–Trinajstić information content (AvgIpc) is 2.24. The zero-order valence-electron chi connectivity index (χ0n) is 11.6. The molecule has 0 aliphatic carbocycles. The SMILES string of the molecule is Cc1nc(NCC(C)C(C)(C)C)ncc1C(=O)O. The van der Waals surface area contributed by atoms with Crippen molar-refractivity contribution in [3.63, 3.8) is 0 Å². The van der Waals surface area contributed by atoms with Crippen molar-refractivity contribution in [2.24, 2.45) is 11.3 Å². The topological polar surface area (TPSA) is 75.1 Å². The molecule has 0 bridgehead atoms. The number of nitrogens with zero attached hydrogens (tertiary/aromatic N) is 2. The van der Waals surface area contributed by atoms with Gasteiger partial charge < -0.3 is 10.4 Å². The van der Waals surface area contributed by atoms with Gasteiger partial charge in [0, 0.05) is 12.7 Å². The number of anilines is 1. The minimum absolute atomic E-state index is 0.143. The van der Waals surface area contributed by atoms with Crippen LogP contribution in [0.2, 0.25) is 0 Å². The standard InChI is InChI=1S/C13H21N3O2/c1-8(13(3,4)5)6-14-12-15-7-10(11(17)18)9(2)16-12/h7-8H,6H2,1-5H3,(H,17,18)(H,14,15,16). The molecule has 1 aromatic rings. The molecule has 0 aliphatic rings. The van der Waals surface area contributed by atoms with Crippen LogP contribution in [-0.4, -0.2) is 27.6 Å². The van der Waals surface area contributed by atoms with Gasteiger partial charge in [0.2, 0.25) is 5.95 Å². The molecule has 1 atom stereocenters. The van der Waals surface area contributed by atoms with Gasteiger partial charge >= 0.3 is 5.97 Å². The number of carboxylic acid groups (broad SMARTS) is 1. The summed E-state index contributed by atoms with van der Waals surface area (Å²) in [5.74, 6) is -0.0590. The fourth-order valence-corrected chi connectivity index (χ4v) is 1.31. The van der Waals surface area contributed by atoms with Crippen molar-refractivity contribution in [1.29, 1.82) is 0 Å². The fourth-order valence-electron chi connectivity index (χ4n) is 1.31. The molecule has 0 spiro atoms. The van der Waals surface area contributed by atoms with Gasteiger partial charge in [-0.15, -0.1) is 0 Å². The monoisotopic (exact) mass is 251 g/mol. The normalized spacial score (nSPS) is 13.2. The Balaban J connectivity index is 2.70. The summed E-state index contributed by atoms with van der Waals surface area (Å²) in [4.78, 5) is 19.0. The molecule has 2 N–H and O–H groups in total. The highest BCUT2D eigenvalue weighted by Gasteiger charge is 2.20. The average molecular weight is 251 g/mol. The largest absolute Gasteiger partial charge is 0.478 e. The summed E-state index contributed by atoms with van der Waals surface area (Å²) in [5, 5.41) is 12.0. The van der Waals surface area contributed by atoms with E-state index in [2.05, 4.69) is 43.0 Å². The molecule has 0 aromatic carbocycles. The van der Waals surface area contributed by atoms with Gasteiger partial charge in [-0.05, 0) is 18.3 Å². The van der Waals surface area contributed by atoms with E-state index in [1.807, 2.05) is 0 Å². The summed E-state index contributed by atoms with van der Waals surface area (Å²) in [7, 11) is 0. The van der Waals surface area contributed by atoms with Crippen molar-refractivity contribution in [1.82, 2.24) is 9.97 Å². The number of hydrogen-bond acceptors (Lipinski definition) is 4. The Morgan fingerprint density at radius 3 is 2.56 bits per heavy atom. The number of hydrogen-bond donors (Lipinski definition) is 2. The molecule has 0 amide bonds. The van der Waals surface area contributed by atoms with Crippen molar-refractivity contribution in [2.75, 3.05) is 11.9 Å². The second kappa shape index (κ2) is 5.33. The van der Waals surface area contributed by atoms with Crippen molar-refractivity contribution in [3.05, 3.63) is 17.5 Å². The van der Waals surface area contributed by atoms with Gasteiger partial charge in [-0.2, -0.15) is 0 Å². The zero-order chi connectivity index (χ0) is 13.9. The molecule has 5 nitrogen and oxygen atoms in total. The molecule has 18 heavy (non-hydrogen) atoms. The van der Waals surface area contributed by atoms with E-state index in [1.54, 1.807) is 6.92 Å². The Kier molecular flexibility index (Phi) is 4.27. The predicted molar refractivity (Wildman–Crippen MR) is 70.8 cm³/mol. The fraction of sp³-hybridized carbons (Fsp3) is 0.615. The number of aromatic nitrogens is 2. The highest BCUT2D eigenvalue weighted by molar-refractivity contribution is 5.88. The maximum Gasteiger partial charge on any atom is 0.339 e. The lowest BCUT2D eigenvalue weighted by atomic mass is 9.82. The van der Waals surface area contributed by atoms with Gasteiger partial charge in [0.15, 0.2) is 0 Å². The van der Waals surface area contributed by atoms with Gasteiger partial charge in [-0.3, -0.25) is 0 Å². The molecular formula is C13H21N3O2. The van der Waals surface area contributed by atoms with Crippen LogP contribution >= 0.6 is 0 Å². The third kappa shape index (κ3) is 3.68. The van der Waals surface area contributed by atoms with Crippen LogP contribution in [0.15, 0.2) is 6.20 Å². The van der Waals surface area contributed by atoms with Gasteiger partial charge in [0.1, 0.15) is 0 Å². The molecule has 1 heterocycles. The molecule has 5 heteroatoms. The summed E-state index contributed by atoms with van der Waals surface area (Å²) in [6.45, 7) is 11.1. The van der Waals surface area contributed by atoms with E-state index >= 15 is 0 Å². The maximum atomic E-state index is 10.8. The van der Waals surface area contributed by atoms with Crippen LogP contribution in [0.5, 0.6) is 0 Å². The molecule has 0 fully saturated rings. The van der Waals surface area contributed by atoms with Crippen molar-refractivity contribution < 1.29 is 9.90 Å². The molecule has 1 aromatic heterocycles. The number of aromatic carboxylic acids is 1. The minimum atomic E-state index is -0.998. The number of aryl methyl sites for hydroxylation is 1. The van der Waals surface area contributed by atoms with Gasteiger partial charge in [-0.1, -0.05) is 27.7 Å². The lowest BCUT2D eigenvalue weighted by molar-refractivity contribution is 0.0695. The van der Waals surface area contributed by atoms with E-state index in [4.69, 9.17) is 5.11 Å². The number of carboxylic acids is 1. The lowest BCUT2D eigenvalue weighted by Gasteiger charge is -2.27. The molecule has 1 unspecified atom stereocenters. The molecule has 0 saturated heterocycles. The van der Waals surface area contributed by atoms with Gasteiger partial charge in [-0.25, -0.2) is 14.8 Å². The molecule has 0 saturated carbocycles. The quantitative estimate of drug-likeness (QED) is 0.860. The molecule has 0 radical (unpaired) electrons. The van der Waals surface area contributed by atoms with E-state index in [0.29, 0.717) is 17.6 Å². The summed E-state index contributed by atoms with van der Waals surface area (Å²) in [6.07, 6.45) is 1.34. The first-order chi connectivity index (χ1) is 8.21. The van der Waals surface area contributed by atoms with E-state index in [0.717, 1.165) is 6.54 Å². The van der Waals surface area contributed by atoms with Gasteiger partial charge in [0.25, 0.3) is 0 Å². The van der Waals surface area contributed by atoms with E-state index < -0.39 is 5.97 Å². The second-order valence-corrected chi connectivity index (χ2v) is 5.65. The third-order valence-electron chi connectivity index (χ3n) is 3.25. The van der Waals surface area contributed by atoms with Crippen LogP contribution in [0.1, 0.15) is 43.7 Å².